The number of hydrogen-bond donors (Lipinski definition) is 1. The van der Waals surface area contributed by atoms with E-state index in [9.17, 15) is 9.59 Å². The number of nitrogens with one attached hydrogen (secondary N) is 1. The van der Waals surface area contributed by atoms with Gasteiger partial charge < -0.3 is 14.6 Å². The highest BCUT2D eigenvalue weighted by molar-refractivity contribution is 6.03. The van der Waals surface area contributed by atoms with Crippen molar-refractivity contribution in [2.45, 2.75) is 25.9 Å². The molecule has 3 heterocycles. The van der Waals surface area contributed by atoms with Crippen molar-refractivity contribution >= 4 is 22.6 Å². The zero-order valence-electron chi connectivity index (χ0n) is 15.3. The van der Waals surface area contributed by atoms with Gasteiger partial charge in [-0.2, -0.15) is 5.10 Å². The lowest BCUT2D eigenvalue weighted by Gasteiger charge is -2.06. The van der Waals surface area contributed by atoms with E-state index in [0.717, 1.165) is 29.4 Å². The van der Waals surface area contributed by atoms with Gasteiger partial charge in [0.05, 0.1) is 19.3 Å². The maximum absolute atomic E-state index is 12.8. The lowest BCUT2D eigenvalue weighted by atomic mass is 10.0. The van der Waals surface area contributed by atoms with Gasteiger partial charge >= 0.3 is 0 Å². The number of hydrogen-bond acceptors (Lipinski definition) is 4. The number of benzene rings is 1. The number of carbonyl (C=O) groups is 2. The van der Waals surface area contributed by atoms with Gasteiger partial charge in [0.1, 0.15) is 5.69 Å². The zero-order valence-corrected chi connectivity index (χ0v) is 15.3. The average Bonchev–Trinajstić information content (AvgIpc) is 3.22. The summed E-state index contributed by atoms with van der Waals surface area (Å²) in [6, 6.07) is 7.54. The topological polar surface area (TPSA) is 78.1 Å². The molecule has 1 N–H and O–H groups in total. The second-order valence-electron chi connectivity index (χ2n) is 6.77. The van der Waals surface area contributed by atoms with Crippen LogP contribution in [0.2, 0.25) is 0 Å². The fourth-order valence-electron chi connectivity index (χ4n) is 3.48. The van der Waals surface area contributed by atoms with Crippen molar-refractivity contribution in [2.24, 2.45) is 0 Å². The van der Waals surface area contributed by atoms with Crippen molar-refractivity contribution in [2.75, 3.05) is 20.3 Å². The van der Waals surface area contributed by atoms with Gasteiger partial charge in [-0.25, -0.2) is 0 Å². The number of ketones is 1. The molecule has 7 nitrogen and oxygen atoms in total. The number of amides is 1. The van der Waals surface area contributed by atoms with Crippen LogP contribution in [-0.2, 0) is 24.2 Å². The molecule has 0 spiro atoms. The number of methoxy groups -OCH3 is 1. The van der Waals surface area contributed by atoms with E-state index in [1.807, 2.05) is 35.0 Å². The minimum atomic E-state index is -0.0555. The predicted octanol–water partition coefficient (Wildman–Crippen LogP) is 2.04. The van der Waals surface area contributed by atoms with Gasteiger partial charge in [-0.3, -0.25) is 14.3 Å². The molecule has 7 heteroatoms. The summed E-state index contributed by atoms with van der Waals surface area (Å²) >= 11 is 0. The highest BCUT2D eigenvalue weighted by Crippen LogP contribution is 2.24. The summed E-state index contributed by atoms with van der Waals surface area (Å²) in [7, 11) is 1.65. The molecule has 140 valence electrons. The largest absolute Gasteiger partial charge is 0.383 e. The molecule has 27 heavy (non-hydrogen) atoms. The molecule has 0 bridgehead atoms. The molecule has 1 aliphatic heterocycles. The molecule has 0 saturated carbocycles. The second kappa shape index (κ2) is 7.36. The summed E-state index contributed by atoms with van der Waals surface area (Å²) in [6.45, 7) is 2.68. The van der Waals surface area contributed by atoms with Crippen molar-refractivity contribution in [3.05, 3.63) is 53.5 Å². The number of rotatable bonds is 6. The summed E-state index contributed by atoms with van der Waals surface area (Å²) in [5.74, 6) is -0.0168. The van der Waals surface area contributed by atoms with Crippen molar-refractivity contribution in [1.29, 1.82) is 0 Å². The van der Waals surface area contributed by atoms with Gasteiger partial charge in [-0.05, 0) is 24.1 Å². The van der Waals surface area contributed by atoms with Crippen LogP contribution in [0.3, 0.4) is 0 Å². The Balaban J connectivity index is 1.58. The van der Waals surface area contributed by atoms with Gasteiger partial charge in [0.15, 0.2) is 5.78 Å². The summed E-state index contributed by atoms with van der Waals surface area (Å²) in [5.41, 5.74) is 3.12. The minimum Gasteiger partial charge on any atom is -0.383 e. The van der Waals surface area contributed by atoms with Crippen LogP contribution in [-0.4, -0.2) is 46.3 Å². The summed E-state index contributed by atoms with van der Waals surface area (Å²) in [6.07, 6.45) is 4.77. The molecule has 1 aromatic carbocycles. The number of Topliss-reactive ketones (excluding diaryl/α,β-unsaturated/α-hetero) is 1. The van der Waals surface area contributed by atoms with E-state index in [1.54, 1.807) is 18.0 Å². The minimum absolute atomic E-state index is 0.0387. The van der Waals surface area contributed by atoms with Crippen molar-refractivity contribution in [1.82, 2.24) is 19.7 Å². The molecule has 0 saturated heterocycles. The zero-order chi connectivity index (χ0) is 18.8. The Morgan fingerprint density at radius 1 is 1.33 bits per heavy atom. The lowest BCUT2D eigenvalue weighted by Crippen LogP contribution is -2.22. The Morgan fingerprint density at radius 2 is 2.22 bits per heavy atom. The van der Waals surface area contributed by atoms with Crippen LogP contribution in [0.1, 0.15) is 32.8 Å². The fourth-order valence-corrected chi connectivity index (χ4v) is 3.48. The first-order valence-corrected chi connectivity index (χ1v) is 9.10. The monoisotopic (exact) mass is 366 g/mol. The van der Waals surface area contributed by atoms with Crippen LogP contribution in [0.4, 0.5) is 0 Å². The highest BCUT2D eigenvalue weighted by Gasteiger charge is 2.19. The van der Waals surface area contributed by atoms with Crippen LogP contribution < -0.4 is 5.32 Å². The van der Waals surface area contributed by atoms with E-state index >= 15 is 0 Å². The van der Waals surface area contributed by atoms with Gasteiger partial charge in [0, 0.05) is 49.3 Å². The van der Waals surface area contributed by atoms with Gasteiger partial charge in [-0.1, -0.05) is 12.1 Å². The molecule has 0 atom stereocenters. The van der Waals surface area contributed by atoms with E-state index in [4.69, 9.17) is 4.74 Å². The summed E-state index contributed by atoms with van der Waals surface area (Å²) < 4.78 is 8.83. The van der Waals surface area contributed by atoms with E-state index in [-0.39, 0.29) is 11.7 Å². The molecule has 1 amide bonds. The van der Waals surface area contributed by atoms with Crippen LogP contribution in [0, 0.1) is 0 Å². The van der Waals surface area contributed by atoms with Crippen LogP contribution >= 0.6 is 0 Å². The van der Waals surface area contributed by atoms with E-state index in [2.05, 4.69) is 10.4 Å². The Hall–Kier alpha value is -2.93. The van der Waals surface area contributed by atoms with Crippen molar-refractivity contribution in [3.63, 3.8) is 0 Å². The first-order valence-electron chi connectivity index (χ1n) is 9.10. The second-order valence-corrected chi connectivity index (χ2v) is 6.77. The summed E-state index contributed by atoms with van der Waals surface area (Å²) in [4.78, 5) is 24.9. The molecule has 2 aromatic heterocycles. The molecular formula is C20H22N4O3. The third kappa shape index (κ3) is 3.50. The molecule has 0 radical (unpaired) electrons. The molecule has 0 unspecified atom stereocenters. The maximum atomic E-state index is 12.8. The molecule has 0 fully saturated rings. The first-order chi connectivity index (χ1) is 13.2. The average molecular weight is 366 g/mol. The maximum Gasteiger partial charge on any atom is 0.267 e. The van der Waals surface area contributed by atoms with Crippen LogP contribution in [0.25, 0.3) is 10.9 Å². The predicted molar refractivity (Wildman–Crippen MR) is 101 cm³/mol. The number of fused-ring (bicyclic) bond motifs is 3. The number of aromatic nitrogens is 3. The number of carbonyl (C=O) groups excluding carboxylic acids is 2. The number of nitrogens with zero attached hydrogens (tertiary/aromatic N) is 3. The fraction of sp³-hybridized carbons (Fsp3) is 0.350. The molecule has 1 aliphatic rings. The Bertz CT molecular complexity index is 1000. The third-order valence-electron chi connectivity index (χ3n) is 4.88. The van der Waals surface area contributed by atoms with Crippen molar-refractivity contribution < 1.29 is 14.3 Å². The molecular weight excluding hydrogens is 344 g/mol. The molecule has 3 aromatic rings. The Kier molecular flexibility index (Phi) is 4.77. The van der Waals surface area contributed by atoms with Crippen LogP contribution in [0.15, 0.2) is 36.7 Å². The standard InChI is InChI=1S/C20H22N4O3/c1-27-8-7-23-13-14(12-22-23)9-19(25)16-4-3-15-10-18-20(26)21-5-2-6-24(18)17(15)11-16/h3-4,10-13H,2,5-9H2,1H3,(H,21,26). The smallest absolute Gasteiger partial charge is 0.267 e. The quantitative estimate of drug-likeness (QED) is 0.677. The normalized spacial score (nSPS) is 14.0. The Labute approximate surface area is 156 Å². The highest BCUT2D eigenvalue weighted by atomic mass is 16.5. The SMILES string of the molecule is COCCn1cc(CC(=O)c2ccc3cc4n(c3c2)CCCNC4=O)cn1. The van der Waals surface area contributed by atoms with Gasteiger partial charge in [0.2, 0.25) is 0 Å². The van der Waals surface area contributed by atoms with Gasteiger partial charge in [-0.15, -0.1) is 0 Å². The lowest BCUT2D eigenvalue weighted by molar-refractivity contribution is 0.0950. The van der Waals surface area contributed by atoms with Crippen LogP contribution in [0.5, 0.6) is 0 Å². The molecule has 4 rings (SSSR count). The number of aryl methyl sites for hydroxylation is 1. The Morgan fingerprint density at radius 3 is 3.07 bits per heavy atom. The van der Waals surface area contributed by atoms with Crippen molar-refractivity contribution in [3.8, 4) is 0 Å². The first kappa shape index (κ1) is 17.5. The van der Waals surface area contributed by atoms with E-state index < -0.39 is 0 Å². The third-order valence-corrected chi connectivity index (χ3v) is 4.88. The van der Waals surface area contributed by atoms with E-state index in [0.29, 0.717) is 37.4 Å². The summed E-state index contributed by atoms with van der Waals surface area (Å²) in [5, 5.41) is 8.14. The number of ether oxygens (including phenoxy) is 1. The van der Waals surface area contributed by atoms with E-state index in [1.165, 1.54) is 0 Å². The molecule has 0 aliphatic carbocycles. The van der Waals surface area contributed by atoms with Gasteiger partial charge in [0.25, 0.3) is 5.91 Å².